The van der Waals surface area contributed by atoms with Crippen molar-refractivity contribution < 1.29 is 14.0 Å². The van der Waals surface area contributed by atoms with Crippen molar-refractivity contribution in [2.75, 3.05) is 19.4 Å². The molecule has 0 saturated carbocycles. The lowest BCUT2D eigenvalue weighted by Crippen LogP contribution is -2.23. The summed E-state index contributed by atoms with van der Waals surface area (Å²) in [6.45, 7) is 0. The van der Waals surface area contributed by atoms with Gasteiger partial charge in [-0.25, -0.2) is 9.37 Å². The van der Waals surface area contributed by atoms with Gasteiger partial charge in [-0.3, -0.25) is 14.6 Å². The Kier molecular flexibility index (Phi) is 4.38. The number of nitrogens with one attached hydrogen (secondary N) is 1. The number of hydrogen-bond donors (Lipinski definition) is 1. The molecule has 0 atom stereocenters. The first-order chi connectivity index (χ1) is 11.9. The van der Waals surface area contributed by atoms with E-state index in [-0.39, 0.29) is 23.0 Å². The Labute approximate surface area is 143 Å². The minimum Gasteiger partial charge on any atom is -0.343 e. The Morgan fingerprint density at radius 1 is 1.12 bits per heavy atom. The zero-order valence-electron chi connectivity index (χ0n) is 13.7. The molecule has 25 heavy (non-hydrogen) atoms. The highest BCUT2D eigenvalue weighted by Gasteiger charge is 2.13. The number of carbonyl (C=O) groups excluding carboxylic acids is 2. The van der Waals surface area contributed by atoms with Crippen molar-refractivity contribution in [2.24, 2.45) is 0 Å². The van der Waals surface area contributed by atoms with E-state index < -0.39 is 11.7 Å². The van der Waals surface area contributed by atoms with Crippen LogP contribution in [0.5, 0.6) is 0 Å². The molecule has 0 aliphatic heterocycles. The minimum absolute atomic E-state index is 0.224. The van der Waals surface area contributed by atoms with Crippen LogP contribution in [0.15, 0.2) is 48.7 Å². The summed E-state index contributed by atoms with van der Waals surface area (Å²) in [6.07, 6.45) is 1.41. The molecule has 0 fully saturated rings. The second-order valence-electron chi connectivity index (χ2n) is 5.62. The number of rotatable bonds is 3. The van der Waals surface area contributed by atoms with Crippen molar-refractivity contribution in [2.45, 2.75) is 0 Å². The number of nitrogens with zero attached hydrogens (tertiary/aromatic N) is 3. The lowest BCUT2D eigenvalue weighted by molar-refractivity contribution is 0.0821. The van der Waals surface area contributed by atoms with Crippen molar-refractivity contribution in [3.8, 4) is 0 Å². The number of fused-ring (bicyclic) bond motifs is 1. The fraction of sp³-hybridized carbons (Fsp3) is 0.111. The van der Waals surface area contributed by atoms with E-state index in [1.54, 1.807) is 44.4 Å². The Balaban J connectivity index is 1.85. The molecule has 0 unspecified atom stereocenters. The second-order valence-corrected chi connectivity index (χ2v) is 5.62. The van der Waals surface area contributed by atoms with E-state index in [1.165, 1.54) is 23.2 Å². The van der Waals surface area contributed by atoms with Crippen LogP contribution in [-0.4, -0.2) is 40.8 Å². The summed E-state index contributed by atoms with van der Waals surface area (Å²) in [5, 5.41) is 3.14. The lowest BCUT2D eigenvalue weighted by Gasteiger charge is -2.11. The molecule has 7 heteroatoms. The average molecular weight is 338 g/mol. The van der Waals surface area contributed by atoms with E-state index in [4.69, 9.17) is 0 Å². The number of aromatic nitrogens is 2. The summed E-state index contributed by atoms with van der Waals surface area (Å²) in [7, 11) is 3.24. The number of hydrogen-bond acceptors (Lipinski definition) is 4. The minimum atomic E-state index is -0.444. The van der Waals surface area contributed by atoms with Gasteiger partial charge in [0.15, 0.2) is 0 Å². The van der Waals surface area contributed by atoms with Gasteiger partial charge >= 0.3 is 0 Å². The van der Waals surface area contributed by atoms with Gasteiger partial charge in [-0.2, -0.15) is 0 Å². The first kappa shape index (κ1) is 16.5. The molecule has 0 aliphatic carbocycles. The summed E-state index contributed by atoms with van der Waals surface area (Å²) in [4.78, 5) is 34.0. The van der Waals surface area contributed by atoms with Gasteiger partial charge in [-0.1, -0.05) is 6.07 Å². The normalized spacial score (nSPS) is 10.5. The number of amides is 2. The number of halogens is 1. The second kappa shape index (κ2) is 6.64. The summed E-state index contributed by atoms with van der Waals surface area (Å²) >= 11 is 0. The third-order valence-corrected chi connectivity index (χ3v) is 3.52. The number of benzene rings is 1. The molecule has 1 N–H and O–H groups in total. The molecule has 3 rings (SSSR count). The maximum Gasteiger partial charge on any atom is 0.272 e. The fourth-order valence-electron chi connectivity index (χ4n) is 2.27. The van der Waals surface area contributed by atoms with Gasteiger partial charge in [0.05, 0.1) is 11.1 Å². The fourth-order valence-corrected chi connectivity index (χ4v) is 2.27. The molecule has 1 aromatic carbocycles. The van der Waals surface area contributed by atoms with Crippen molar-refractivity contribution in [1.82, 2.24) is 14.9 Å². The molecule has 2 heterocycles. The molecular weight excluding hydrogens is 323 g/mol. The zero-order valence-corrected chi connectivity index (χ0v) is 13.7. The molecule has 3 aromatic rings. The highest BCUT2D eigenvalue weighted by atomic mass is 19.1. The third-order valence-electron chi connectivity index (χ3n) is 3.52. The third kappa shape index (κ3) is 3.60. The highest BCUT2D eigenvalue weighted by Crippen LogP contribution is 2.16. The van der Waals surface area contributed by atoms with E-state index in [0.717, 1.165) is 0 Å². The van der Waals surface area contributed by atoms with E-state index in [9.17, 15) is 14.0 Å². The van der Waals surface area contributed by atoms with Crippen LogP contribution < -0.4 is 5.32 Å². The Hall–Kier alpha value is -3.35. The van der Waals surface area contributed by atoms with Gasteiger partial charge in [0.2, 0.25) is 0 Å². The Bertz CT molecular complexity index is 972. The number of anilines is 1. The van der Waals surface area contributed by atoms with Crippen LogP contribution in [0.3, 0.4) is 0 Å². The zero-order chi connectivity index (χ0) is 18.0. The molecule has 0 radical (unpaired) electrons. The van der Waals surface area contributed by atoms with Crippen LogP contribution in [0.25, 0.3) is 10.9 Å². The van der Waals surface area contributed by atoms with Crippen LogP contribution in [-0.2, 0) is 0 Å². The van der Waals surface area contributed by atoms with Crippen LogP contribution in [0.2, 0.25) is 0 Å². The monoisotopic (exact) mass is 338 g/mol. The molecule has 0 saturated heterocycles. The molecule has 0 spiro atoms. The van der Waals surface area contributed by atoms with E-state index in [2.05, 4.69) is 15.3 Å². The van der Waals surface area contributed by atoms with Crippen LogP contribution in [0.4, 0.5) is 10.2 Å². The van der Waals surface area contributed by atoms with E-state index in [0.29, 0.717) is 10.9 Å². The van der Waals surface area contributed by atoms with E-state index >= 15 is 0 Å². The largest absolute Gasteiger partial charge is 0.343 e. The molecule has 2 aromatic heterocycles. The SMILES string of the molecule is CN(C)C(=O)c1cccc(NC(=O)c2cnc3ccc(F)cc3c2)n1. The Morgan fingerprint density at radius 3 is 2.68 bits per heavy atom. The van der Waals surface area contributed by atoms with Gasteiger partial charge < -0.3 is 10.2 Å². The predicted octanol–water partition coefficient (Wildman–Crippen LogP) is 2.72. The van der Waals surface area contributed by atoms with Crippen molar-refractivity contribution >= 4 is 28.5 Å². The smallest absolute Gasteiger partial charge is 0.272 e. The topological polar surface area (TPSA) is 75.2 Å². The van der Waals surface area contributed by atoms with Crippen molar-refractivity contribution in [1.29, 1.82) is 0 Å². The summed E-state index contributed by atoms with van der Waals surface area (Å²) in [5.41, 5.74) is 1.08. The lowest BCUT2D eigenvalue weighted by atomic mass is 10.1. The van der Waals surface area contributed by atoms with E-state index in [1.807, 2.05) is 0 Å². The first-order valence-electron chi connectivity index (χ1n) is 7.49. The molecule has 126 valence electrons. The van der Waals surface area contributed by atoms with Crippen LogP contribution >= 0.6 is 0 Å². The quantitative estimate of drug-likeness (QED) is 0.797. The molecule has 2 amide bonds. The Morgan fingerprint density at radius 2 is 1.92 bits per heavy atom. The van der Waals surface area contributed by atoms with Crippen molar-refractivity contribution in [3.05, 3.63) is 65.7 Å². The number of carbonyl (C=O) groups is 2. The summed E-state index contributed by atoms with van der Waals surface area (Å²) in [6, 6.07) is 10.5. The van der Waals surface area contributed by atoms with Crippen LogP contribution in [0.1, 0.15) is 20.8 Å². The summed E-state index contributed by atoms with van der Waals surface area (Å²) < 4.78 is 13.3. The van der Waals surface area contributed by atoms with Gasteiger partial charge in [0.25, 0.3) is 11.8 Å². The number of pyridine rings is 2. The summed E-state index contributed by atoms with van der Waals surface area (Å²) in [5.74, 6) is -0.861. The van der Waals surface area contributed by atoms with Crippen LogP contribution in [0, 0.1) is 5.82 Å². The average Bonchev–Trinajstić information content (AvgIpc) is 2.60. The molecule has 0 bridgehead atoms. The van der Waals surface area contributed by atoms with Gasteiger partial charge in [-0.15, -0.1) is 0 Å². The maximum atomic E-state index is 13.3. The van der Waals surface area contributed by atoms with Gasteiger partial charge in [0, 0.05) is 25.7 Å². The highest BCUT2D eigenvalue weighted by molar-refractivity contribution is 6.05. The van der Waals surface area contributed by atoms with Gasteiger partial charge in [0.1, 0.15) is 17.3 Å². The molecule has 6 nitrogen and oxygen atoms in total. The molecule has 0 aliphatic rings. The standard InChI is InChI=1S/C18H15FN4O2/c1-23(2)18(25)15-4-3-5-16(21-15)22-17(24)12-8-11-9-13(19)6-7-14(11)20-10-12/h3-10H,1-2H3,(H,21,22,24). The maximum absolute atomic E-state index is 13.3. The van der Waals surface area contributed by atoms with Gasteiger partial charge in [-0.05, 0) is 36.4 Å². The van der Waals surface area contributed by atoms with Crippen molar-refractivity contribution in [3.63, 3.8) is 0 Å². The first-order valence-corrected chi connectivity index (χ1v) is 7.49. The predicted molar refractivity (Wildman–Crippen MR) is 91.9 cm³/mol. The molecular formula is C18H15FN4O2.